The van der Waals surface area contributed by atoms with Gasteiger partial charge in [0.2, 0.25) is 0 Å². The van der Waals surface area contributed by atoms with Gasteiger partial charge in [0.1, 0.15) is 0 Å². The van der Waals surface area contributed by atoms with Crippen molar-refractivity contribution < 1.29 is 0 Å². The summed E-state index contributed by atoms with van der Waals surface area (Å²) in [6, 6.07) is 3.11. The highest BCUT2D eigenvalue weighted by Crippen LogP contribution is 2.27. The van der Waals surface area contributed by atoms with Gasteiger partial charge in [-0.25, -0.2) is 0 Å². The predicted octanol–water partition coefficient (Wildman–Crippen LogP) is 3.30. The third kappa shape index (κ3) is 3.35. The minimum absolute atomic E-state index is 0.296. The molecule has 0 bridgehead atoms. The van der Waals surface area contributed by atoms with Crippen molar-refractivity contribution in [2.24, 2.45) is 11.7 Å². The first-order valence-electron chi connectivity index (χ1n) is 7.50. The summed E-state index contributed by atoms with van der Waals surface area (Å²) < 4.78 is 2.19. The number of rotatable bonds is 5. The molecule has 0 saturated heterocycles. The van der Waals surface area contributed by atoms with Crippen LogP contribution in [0, 0.1) is 5.92 Å². The smallest absolute Gasteiger partial charge is 0.0627 e. The summed E-state index contributed by atoms with van der Waals surface area (Å²) in [5.74, 6) is 0.518. The van der Waals surface area contributed by atoms with Gasteiger partial charge in [-0.1, -0.05) is 33.1 Å². The molecule has 0 aromatic carbocycles. The van der Waals surface area contributed by atoms with E-state index < -0.39 is 0 Å². The molecule has 1 aliphatic carbocycles. The number of hydrogen-bond acceptors (Lipinski definition) is 2. The fourth-order valence-electron chi connectivity index (χ4n) is 2.92. The molecule has 18 heavy (non-hydrogen) atoms. The highest BCUT2D eigenvalue weighted by molar-refractivity contribution is 5.02. The summed E-state index contributed by atoms with van der Waals surface area (Å²) in [6.45, 7) is 4.38. The van der Waals surface area contributed by atoms with Crippen LogP contribution in [0.5, 0.6) is 0 Å². The van der Waals surface area contributed by atoms with E-state index in [9.17, 15) is 0 Å². The summed E-state index contributed by atoms with van der Waals surface area (Å²) in [5.41, 5.74) is 7.28. The molecule has 1 aromatic rings. The van der Waals surface area contributed by atoms with Crippen molar-refractivity contribution in [3.8, 4) is 0 Å². The molecule has 2 unspecified atom stereocenters. The molecule has 0 spiro atoms. The molecule has 2 atom stereocenters. The van der Waals surface area contributed by atoms with Crippen LogP contribution in [0.4, 0.5) is 0 Å². The second-order valence-electron chi connectivity index (χ2n) is 5.83. The summed E-state index contributed by atoms with van der Waals surface area (Å²) in [4.78, 5) is 0. The third-order valence-electron chi connectivity index (χ3n) is 4.35. The Hall–Kier alpha value is -0.830. The largest absolute Gasteiger partial charge is 0.327 e. The first-order valence-corrected chi connectivity index (χ1v) is 7.50. The number of aromatic nitrogens is 2. The van der Waals surface area contributed by atoms with Crippen LogP contribution in [-0.4, -0.2) is 15.8 Å². The van der Waals surface area contributed by atoms with E-state index in [2.05, 4.69) is 30.8 Å². The Bertz CT molecular complexity index is 352. The molecule has 2 N–H and O–H groups in total. The molecule has 1 saturated carbocycles. The van der Waals surface area contributed by atoms with E-state index in [4.69, 9.17) is 10.8 Å². The van der Waals surface area contributed by atoms with Gasteiger partial charge in [-0.3, -0.25) is 4.68 Å². The van der Waals surface area contributed by atoms with Crippen LogP contribution in [0.2, 0.25) is 0 Å². The molecule has 2 rings (SSSR count). The van der Waals surface area contributed by atoms with E-state index in [-0.39, 0.29) is 0 Å². The van der Waals surface area contributed by atoms with Gasteiger partial charge < -0.3 is 5.73 Å². The van der Waals surface area contributed by atoms with Gasteiger partial charge >= 0.3 is 0 Å². The molecular formula is C15H27N3. The monoisotopic (exact) mass is 249 g/mol. The highest BCUT2D eigenvalue weighted by Gasteiger charge is 2.17. The Morgan fingerprint density at radius 3 is 2.78 bits per heavy atom. The molecule has 102 valence electrons. The van der Waals surface area contributed by atoms with Crippen LogP contribution < -0.4 is 5.73 Å². The van der Waals surface area contributed by atoms with Gasteiger partial charge in [-0.05, 0) is 37.7 Å². The van der Waals surface area contributed by atoms with E-state index >= 15 is 0 Å². The quantitative estimate of drug-likeness (QED) is 0.870. The minimum atomic E-state index is 0.296. The number of nitrogens with two attached hydrogens (primary N) is 1. The van der Waals surface area contributed by atoms with Crippen molar-refractivity contribution >= 4 is 0 Å². The van der Waals surface area contributed by atoms with Gasteiger partial charge in [0.25, 0.3) is 0 Å². The lowest BCUT2D eigenvalue weighted by Crippen LogP contribution is -2.28. The molecule has 3 heteroatoms. The Kier molecular flexibility index (Phi) is 4.81. The Balaban J connectivity index is 1.93. The second kappa shape index (κ2) is 6.37. The van der Waals surface area contributed by atoms with Crippen LogP contribution in [0.1, 0.15) is 64.1 Å². The van der Waals surface area contributed by atoms with Crippen LogP contribution in [0.25, 0.3) is 0 Å². The van der Waals surface area contributed by atoms with Crippen LogP contribution in [0.3, 0.4) is 0 Å². The fourth-order valence-corrected chi connectivity index (χ4v) is 2.92. The Morgan fingerprint density at radius 1 is 1.39 bits per heavy atom. The second-order valence-corrected chi connectivity index (χ2v) is 5.83. The van der Waals surface area contributed by atoms with E-state index in [0.29, 0.717) is 18.0 Å². The summed E-state index contributed by atoms with van der Waals surface area (Å²) in [5, 5.41) is 4.75. The van der Waals surface area contributed by atoms with E-state index in [0.717, 1.165) is 12.8 Å². The van der Waals surface area contributed by atoms with Gasteiger partial charge in [0.05, 0.1) is 11.7 Å². The maximum absolute atomic E-state index is 6.08. The topological polar surface area (TPSA) is 43.8 Å². The zero-order chi connectivity index (χ0) is 13.0. The third-order valence-corrected chi connectivity index (χ3v) is 4.35. The standard InChI is InChI=1S/C15H27N3/c1-3-15(16)12(2)11-13-9-10-18(17-13)14-7-5-4-6-8-14/h9-10,12,14-15H,3-8,11,16H2,1-2H3. The molecule has 0 amide bonds. The van der Waals surface area contributed by atoms with Gasteiger partial charge in [-0.2, -0.15) is 5.10 Å². The van der Waals surface area contributed by atoms with E-state index in [1.807, 2.05) is 0 Å². The van der Waals surface area contributed by atoms with Crippen molar-refractivity contribution in [1.82, 2.24) is 9.78 Å². The molecule has 1 aromatic heterocycles. The lowest BCUT2D eigenvalue weighted by atomic mass is 9.96. The lowest BCUT2D eigenvalue weighted by molar-refractivity contribution is 0.326. The van der Waals surface area contributed by atoms with Crippen molar-refractivity contribution in [2.45, 2.75) is 70.9 Å². The van der Waals surface area contributed by atoms with Crippen LogP contribution >= 0.6 is 0 Å². The zero-order valence-corrected chi connectivity index (χ0v) is 11.8. The van der Waals surface area contributed by atoms with Crippen molar-refractivity contribution in [2.75, 3.05) is 0 Å². The van der Waals surface area contributed by atoms with E-state index in [1.165, 1.54) is 37.8 Å². The molecule has 1 heterocycles. The summed E-state index contributed by atoms with van der Waals surface area (Å²) >= 11 is 0. The molecule has 0 radical (unpaired) electrons. The number of hydrogen-bond donors (Lipinski definition) is 1. The van der Waals surface area contributed by atoms with Gasteiger partial charge in [-0.15, -0.1) is 0 Å². The van der Waals surface area contributed by atoms with Crippen molar-refractivity contribution in [3.63, 3.8) is 0 Å². The molecular weight excluding hydrogens is 222 g/mol. The highest BCUT2D eigenvalue weighted by atomic mass is 15.3. The molecule has 0 aliphatic heterocycles. The maximum Gasteiger partial charge on any atom is 0.0627 e. The Morgan fingerprint density at radius 2 is 2.11 bits per heavy atom. The molecule has 1 aliphatic rings. The Labute approximate surface area is 111 Å². The summed E-state index contributed by atoms with van der Waals surface area (Å²) in [6.07, 6.45) is 10.9. The van der Waals surface area contributed by atoms with Crippen molar-refractivity contribution in [3.05, 3.63) is 18.0 Å². The first-order chi connectivity index (χ1) is 8.70. The average molecular weight is 249 g/mol. The lowest BCUT2D eigenvalue weighted by Gasteiger charge is -2.22. The van der Waals surface area contributed by atoms with Crippen molar-refractivity contribution in [1.29, 1.82) is 0 Å². The number of nitrogens with zero attached hydrogens (tertiary/aromatic N) is 2. The fraction of sp³-hybridized carbons (Fsp3) is 0.800. The summed E-state index contributed by atoms with van der Waals surface area (Å²) in [7, 11) is 0. The van der Waals surface area contributed by atoms with E-state index in [1.54, 1.807) is 0 Å². The molecule has 1 fully saturated rings. The van der Waals surface area contributed by atoms with Crippen LogP contribution in [-0.2, 0) is 6.42 Å². The van der Waals surface area contributed by atoms with Gasteiger partial charge in [0, 0.05) is 12.2 Å². The first kappa shape index (κ1) is 13.6. The SMILES string of the molecule is CCC(N)C(C)Cc1ccn(C2CCCCC2)n1. The minimum Gasteiger partial charge on any atom is -0.327 e. The maximum atomic E-state index is 6.08. The van der Waals surface area contributed by atoms with Gasteiger partial charge in [0.15, 0.2) is 0 Å². The average Bonchev–Trinajstić information content (AvgIpc) is 2.87. The normalized spacial score (nSPS) is 20.8. The zero-order valence-electron chi connectivity index (χ0n) is 11.8. The predicted molar refractivity (Wildman–Crippen MR) is 75.5 cm³/mol. The van der Waals surface area contributed by atoms with Crippen LogP contribution in [0.15, 0.2) is 12.3 Å². The molecule has 3 nitrogen and oxygen atoms in total.